The number of aromatic nitrogens is 1. The highest BCUT2D eigenvalue weighted by atomic mass is 32.1. The van der Waals surface area contributed by atoms with E-state index in [9.17, 15) is 22.0 Å². The molecule has 1 aromatic heterocycles. The topological polar surface area (TPSA) is 71.8 Å². The number of halogens is 5. The number of ether oxygens (including phenoxy) is 2. The number of thiocarbonyl (C=S) groups is 2. The molecule has 0 radical (unpaired) electrons. The molecule has 1 heterocycles. The standard InChI is InChI=1S/C13H12F5NO4S2/c1-4(2)3-5-7(22-11(20)24)6(10(14)15)19-9(13(16,17)18)8(5)23-12(21)25/h4,10H,3H2,1-2H3,(H,20,24)(H,21,25). The summed E-state index contributed by atoms with van der Waals surface area (Å²) in [5.41, 5.74) is -3.71. The Labute approximate surface area is 149 Å². The first-order valence-corrected chi connectivity index (χ1v) is 7.39. The van der Waals surface area contributed by atoms with Gasteiger partial charge in [-0.1, -0.05) is 13.8 Å². The van der Waals surface area contributed by atoms with E-state index < -0.39 is 51.5 Å². The van der Waals surface area contributed by atoms with Crippen LogP contribution >= 0.6 is 24.4 Å². The van der Waals surface area contributed by atoms with Gasteiger partial charge in [0, 0.05) is 30.0 Å². The predicted octanol–water partition coefficient (Wildman–Crippen LogP) is 4.68. The van der Waals surface area contributed by atoms with E-state index in [0.29, 0.717) is 0 Å². The first-order chi connectivity index (χ1) is 11.3. The molecule has 5 nitrogen and oxygen atoms in total. The number of hydrogen-bond acceptors (Lipinski definition) is 5. The van der Waals surface area contributed by atoms with Crippen LogP contribution in [-0.2, 0) is 12.6 Å². The second-order valence-corrected chi connectivity index (χ2v) is 5.81. The molecule has 0 spiro atoms. The fourth-order valence-electron chi connectivity index (χ4n) is 1.95. The molecule has 1 aromatic rings. The molecular formula is C13H12F5NO4S2. The van der Waals surface area contributed by atoms with Crippen LogP contribution in [-0.4, -0.2) is 25.7 Å². The molecule has 2 N–H and O–H groups in total. The summed E-state index contributed by atoms with van der Waals surface area (Å²) in [4.78, 5) is 2.85. The third-order valence-corrected chi connectivity index (χ3v) is 2.86. The summed E-state index contributed by atoms with van der Waals surface area (Å²) in [5, 5.41) is 15.6. The SMILES string of the molecule is CC(C)Cc1c(OC(O)=S)c(C(F)F)nc(C(F)(F)F)c1OC(O)=S. The molecule has 0 atom stereocenters. The third kappa shape index (κ3) is 5.59. The number of pyridine rings is 1. The lowest BCUT2D eigenvalue weighted by molar-refractivity contribution is -0.142. The van der Waals surface area contributed by atoms with Gasteiger partial charge in [-0.15, -0.1) is 0 Å². The number of aliphatic hydroxyl groups excluding tert-OH is 2. The number of nitrogens with zero attached hydrogens (tertiary/aromatic N) is 1. The zero-order chi connectivity index (χ0) is 19.5. The average molecular weight is 405 g/mol. The minimum absolute atomic E-state index is 0.249. The zero-order valence-electron chi connectivity index (χ0n) is 12.7. The highest BCUT2D eigenvalue weighted by Gasteiger charge is 2.42. The summed E-state index contributed by atoms with van der Waals surface area (Å²) in [5.74, 6) is -2.32. The van der Waals surface area contributed by atoms with Crippen molar-refractivity contribution in [2.75, 3.05) is 0 Å². The molecular weight excluding hydrogens is 393 g/mol. The summed E-state index contributed by atoms with van der Waals surface area (Å²) < 4.78 is 75.2. The van der Waals surface area contributed by atoms with Crippen molar-refractivity contribution in [2.24, 2.45) is 5.92 Å². The molecule has 1 rings (SSSR count). The highest BCUT2D eigenvalue weighted by molar-refractivity contribution is 7.79. The van der Waals surface area contributed by atoms with Gasteiger partial charge in [0.2, 0.25) is 0 Å². The monoisotopic (exact) mass is 405 g/mol. The molecule has 0 unspecified atom stereocenters. The van der Waals surface area contributed by atoms with Gasteiger partial charge in [-0.05, 0) is 12.3 Å². The number of aliphatic hydroxyl groups is 2. The van der Waals surface area contributed by atoms with Crippen LogP contribution in [0.1, 0.15) is 37.2 Å². The molecule has 0 aliphatic rings. The Morgan fingerprint density at radius 2 is 1.56 bits per heavy atom. The Morgan fingerprint density at radius 3 is 1.92 bits per heavy atom. The molecule has 0 saturated heterocycles. The molecule has 0 amide bonds. The van der Waals surface area contributed by atoms with E-state index in [0.717, 1.165) is 0 Å². The van der Waals surface area contributed by atoms with E-state index >= 15 is 0 Å². The molecule has 0 aromatic carbocycles. The Hall–Kier alpha value is -1.82. The molecule has 0 saturated carbocycles. The molecule has 0 aliphatic carbocycles. The zero-order valence-corrected chi connectivity index (χ0v) is 14.4. The lowest BCUT2D eigenvalue weighted by Gasteiger charge is -2.21. The maximum atomic E-state index is 13.2. The van der Waals surface area contributed by atoms with E-state index in [4.69, 9.17) is 10.2 Å². The summed E-state index contributed by atoms with van der Waals surface area (Å²) in [7, 11) is 0. The smallest absolute Gasteiger partial charge is 0.437 e. The maximum absolute atomic E-state index is 13.2. The fraction of sp³-hybridized carbons (Fsp3) is 0.462. The van der Waals surface area contributed by atoms with Crippen molar-refractivity contribution in [2.45, 2.75) is 32.9 Å². The van der Waals surface area contributed by atoms with Gasteiger partial charge >= 0.3 is 16.6 Å². The summed E-state index contributed by atoms with van der Waals surface area (Å²) in [6.45, 7) is 3.16. The fourth-order valence-corrected chi connectivity index (χ4v) is 2.12. The van der Waals surface area contributed by atoms with Gasteiger partial charge in [0.05, 0.1) is 0 Å². The maximum Gasteiger partial charge on any atom is 0.437 e. The molecule has 12 heteroatoms. The molecule has 0 bridgehead atoms. The molecule has 140 valence electrons. The third-order valence-electron chi connectivity index (χ3n) is 2.69. The lowest BCUT2D eigenvalue weighted by Crippen LogP contribution is -2.20. The second kappa shape index (κ2) is 8.04. The van der Waals surface area contributed by atoms with Gasteiger partial charge in [0.1, 0.15) is 0 Å². The minimum Gasteiger partial charge on any atom is -0.472 e. The first-order valence-electron chi connectivity index (χ1n) is 6.58. The van der Waals surface area contributed by atoms with Crippen molar-refractivity contribution >= 4 is 34.9 Å². The number of hydrogen-bond donors (Lipinski definition) is 2. The number of alkyl halides is 5. The van der Waals surface area contributed by atoms with Gasteiger partial charge in [0.25, 0.3) is 6.43 Å². The molecule has 0 fully saturated rings. The normalized spacial score (nSPS) is 11.7. The van der Waals surface area contributed by atoms with Crippen LogP contribution in [0.25, 0.3) is 0 Å². The summed E-state index contributed by atoms with van der Waals surface area (Å²) in [6, 6.07) is 0. The van der Waals surface area contributed by atoms with E-state index in [1.54, 1.807) is 13.8 Å². The van der Waals surface area contributed by atoms with Crippen molar-refractivity contribution in [3.63, 3.8) is 0 Å². The molecule has 25 heavy (non-hydrogen) atoms. The Bertz CT molecular complexity index is 679. The Kier molecular flexibility index (Phi) is 6.82. The minimum atomic E-state index is -5.19. The Balaban J connectivity index is 3.90. The van der Waals surface area contributed by atoms with Crippen molar-refractivity contribution in [1.82, 2.24) is 4.98 Å². The van der Waals surface area contributed by atoms with Crippen molar-refractivity contribution in [3.8, 4) is 11.5 Å². The van der Waals surface area contributed by atoms with Gasteiger partial charge in [0.15, 0.2) is 22.9 Å². The van der Waals surface area contributed by atoms with Crippen LogP contribution in [0.3, 0.4) is 0 Å². The van der Waals surface area contributed by atoms with E-state index in [2.05, 4.69) is 38.9 Å². The highest BCUT2D eigenvalue weighted by Crippen LogP contribution is 2.45. The van der Waals surface area contributed by atoms with Gasteiger partial charge < -0.3 is 19.7 Å². The summed E-state index contributed by atoms with van der Waals surface area (Å²) in [6.07, 6.45) is -8.90. The van der Waals surface area contributed by atoms with Crippen molar-refractivity contribution in [3.05, 3.63) is 17.0 Å². The van der Waals surface area contributed by atoms with Crippen LogP contribution in [0.2, 0.25) is 0 Å². The van der Waals surface area contributed by atoms with Crippen LogP contribution in [0.4, 0.5) is 22.0 Å². The van der Waals surface area contributed by atoms with Gasteiger partial charge in [-0.2, -0.15) is 13.2 Å². The van der Waals surface area contributed by atoms with E-state index in [1.807, 2.05) is 0 Å². The van der Waals surface area contributed by atoms with Gasteiger partial charge in [-0.25, -0.2) is 13.8 Å². The van der Waals surface area contributed by atoms with E-state index in [-0.39, 0.29) is 12.3 Å². The average Bonchev–Trinajstić information content (AvgIpc) is 2.38. The number of rotatable bonds is 5. The van der Waals surface area contributed by atoms with Gasteiger partial charge in [-0.3, -0.25) is 0 Å². The van der Waals surface area contributed by atoms with Crippen LogP contribution in [0.5, 0.6) is 11.5 Å². The van der Waals surface area contributed by atoms with Crippen LogP contribution in [0.15, 0.2) is 0 Å². The predicted molar refractivity (Wildman–Crippen MR) is 84.4 cm³/mol. The molecule has 0 aliphatic heterocycles. The van der Waals surface area contributed by atoms with Crippen molar-refractivity contribution in [1.29, 1.82) is 0 Å². The van der Waals surface area contributed by atoms with Crippen LogP contribution in [0, 0.1) is 5.92 Å². The lowest BCUT2D eigenvalue weighted by atomic mass is 9.99. The Morgan fingerprint density at radius 1 is 1.08 bits per heavy atom. The van der Waals surface area contributed by atoms with Crippen molar-refractivity contribution < 1.29 is 41.6 Å². The van der Waals surface area contributed by atoms with E-state index in [1.165, 1.54) is 0 Å². The quantitative estimate of drug-likeness (QED) is 0.544. The largest absolute Gasteiger partial charge is 0.472 e. The second-order valence-electron chi connectivity index (χ2n) is 5.11. The first kappa shape index (κ1) is 21.2. The van der Waals surface area contributed by atoms with Crippen LogP contribution < -0.4 is 9.47 Å². The summed E-state index contributed by atoms with van der Waals surface area (Å²) >= 11 is 8.48.